The highest BCUT2D eigenvalue weighted by atomic mass is 16.5. The van der Waals surface area contributed by atoms with Gasteiger partial charge >= 0.3 is 0 Å². The number of ether oxygens (including phenoxy) is 1. The fraction of sp³-hybridized carbons (Fsp3) is 0.850. The van der Waals surface area contributed by atoms with Crippen LogP contribution in [0.1, 0.15) is 51.2 Å². The fourth-order valence-electron chi connectivity index (χ4n) is 3.25. The molecule has 1 aliphatic rings. The third-order valence-electron chi connectivity index (χ3n) is 5.49. The van der Waals surface area contributed by atoms with E-state index in [1.54, 1.807) is 0 Å². The maximum Gasteiger partial charge on any atom is 0.191 e. The van der Waals surface area contributed by atoms with Crippen molar-refractivity contribution < 1.29 is 4.74 Å². The maximum atomic E-state index is 5.42. The van der Waals surface area contributed by atoms with Crippen molar-refractivity contribution in [1.29, 1.82) is 0 Å². The molecular weight excluding hydrogens is 354 g/mol. The summed E-state index contributed by atoms with van der Waals surface area (Å²) in [6, 6.07) is 0. The molecule has 0 aliphatic carbocycles. The quantitative estimate of drug-likeness (QED) is 0.440. The van der Waals surface area contributed by atoms with Gasteiger partial charge in [-0.3, -0.25) is 4.90 Å². The molecule has 160 valence electrons. The Kier molecular flexibility index (Phi) is 10.3. The van der Waals surface area contributed by atoms with Crippen LogP contribution < -0.4 is 10.6 Å². The average molecular weight is 394 g/mol. The first-order chi connectivity index (χ1) is 13.6. The SMILES string of the molecule is CCCCC(CC)CNC(=NCc1nnc(C)n1C)NCCN1CCOCC1. The molecule has 8 heteroatoms. The van der Waals surface area contributed by atoms with Gasteiger partial charge < -0.3 is 19.9 Å². The number of aliphatic imine (C=N–C) groups is 1. The molecule has 1 aromatic heterocycles. The van der Waals surface area contributed by atoms with Crippen molar-refractivity contribution in [2.24, 2.45) is 18.0 Å². The maximum absolute atomic E-state index is 5.42. The second kappa shape index (κ2) is 12.7. The molecular formula is C20H39N7O. The lowest BCUT2D eigenvalue weighted by Gasteiger charge is -2.27. The van der Waals surface area contributed by atoms with E-state index in [9.17, 15) is 0 Å². The summed E-state index contributed by atoms with van der Waals surface area (Å²) in [5, 5.41) is 15.4. The Balaban J connectivity index is 1.89. The van der Waals surface area contributed by atoms with Gasteiger partial charge in [0.2, 0.25) is 0 Å². The van der Waals surface area contributed by atoms with Crippen molar-refractivity contribution in [2.45, 2.75) is 53.0 Å². The first-order valence-electron chi connectivity index (χ1n) is 10.8. The highest BCUT2D eigenvalue weighted by Gasteiger charge is 2.11. The molecule has 0 radical (unpaired) electrons. The van der Waals surface area contributed by atoms with E-state index in [1.807, 2.05) is 18.5 Å². The van der Waals surface area contributed by atoms with E-state index in [-0.39, 0.29) is 0 Å². The summed E-state index contributed by atoms with van der Waals surface area (Å²) in [6.45, 7) is 13.5. The predicted molar refractivity (Wildman–Crippen MR) is 113 cm³/mol. The standard InChI is InChI=1S/C20H39N7O/c1-5-7-8-18(6-2)15-22-20(21-9-10-27-11-13-28-14-12-27)23-16-19-25-24-17(3)26(19)4/h18H,5-16H2,1-4H3,(H2,21,22,23). The summed E-state index contributed by atoms with van der Waals surface area (Å²) in [6.07, 6.45) is 5.00. The van der Waals surface area contributed by atoms with Crippen LogP contribution in [0, 0.1) is 12.8 Å². The third kappa shape index (κ3) is 7.75. The Morgan fingerprint density at radius 1 is 1.21 bits per heavy atom. The Labute approximate surface area is 170 Å². The summed E-state index contributed by atoms with van der Waals surface area (Å²) >= 11 is 0. The van der Waals surface area contributed by atoms with Gasteiger partial charge in [0.05, 0.1) is 13.2 Å². The molecule has 0 spiro atoms. The highest BCUT2D eigenvalue weighted by molar-refractivity contribution is 5.79. The Morgan fingerprint density at radius 2 is 2.00 bits per heavy atom. The molecule has 1 fully saturated rings. The van der Waals surface area contributed by atoms with Gasteiger partial charge in [0.1, 0.15) is 12.4 Å². The van der Waals surface area contributed by atoms with Crippen LogP contribution in [0.4, 0.5) is 0 Å². The van der Waals surface area contributed by atoms with Gasteiger partial charge in [-0.25, -0.2) is 4.99 Å². The average Bonchev–Trinajstić information content (AvgIpc) is 3.04. The summed E-state index contributed by atoms with van der Waals surface area (Å²) < 4.78 is 7.41. The molecule has 8 nitrogen and oxygen atoms in total. The van der Waals surface area contributed by atoms with Crippen molar-refractivity contribution in [3.05, 3.63) is 11.6 Å². The van der Waals surface area contributed by atoms with E-state index in [0.717, 1.165) is 63.5 Å². The Morgan fingerprint density at radius 3 is 2.64 bits per heavy atom. The van der Waals surface area contributed by atoms with Crippen LogP contribution in [-0.2, 0) is 18.3 Å². The van der Waals surface area contributed by atoms with Gasteiger partial charge in [-0.1, -0.05) is 33.1 Å². The second-order valence-corrected chi connectivity index (χ2v) is 7.57. The molecule has 1 unspecified atom stereocenters. The smallest absolute Gasteiger partial charge is 0.191 e. The lowest BCUT2D eigenvalue weighted by Crippen LogP contribution is -2.45. The van der Waals surface area contributed by atoms with E-state index < -0.39 is 0 Å². The van der Waals surface area contributed by atoms with E-state index in [0.29, 0.717) is 12.5 Å². The number of rotatable bonds is 11. The minimum absolute atomic E-state index is 0.524. The van der Waals surface area contributed by atoms with Gasteiger partial charge in [0.15, 0.2) is 11.8 Å². The number of morpholine rings is 1. The number of hydrogen-bond acceptors (Lipinski definition) is 5. The molecule has 0 amide bonds. The third-order valence-corrected chi connectivity index (χ3v) is 5.49. The van der Waals surface area contributed by atoms with Gasteiger partial charge in [-0.2, -0.15) is 0 Å². The summed E-state index contributed by atoms with van der Waals surface area (Å²) in [7, 11) is 1.98. The van der Waals surface area contributed by atoms with Crippen molar-refractivity contribution >= 4 is 5.96 Å². The molecule has 0 saturated carbocycles. The van der Waals surface area contributed by atoms with Gasteiger partial charge in [-0.05, 0) is 19.3 Å². The molecule has 1 aliphatic heterocycles. The predicted octanol–water partition coefficient (Wildman–Crippen LogP) is 1.71. The number of aromatic nitrogens is 3. The van der Waals surface area contributed by atoms with Crippen LogP contribution in [-0.4, -0.2) is 71.6 Å². The van der Waals surface area contributed by atoms with Crippen molar-refractivity contribution in [2.75, 3.05) is 45.9 Å². The molecule has 0 aromatic carbocycles. The van der Waals surface area contributed by atoms with Crippen LogP contribution in [0.3, 0.4) is 0 Å². The second-order valence-electron chi connectivity index (χ2n) is 7.57. The fourth-order valence-corrected chi connectivity index (χ4v) is 3.25. The summed E-state index contributed by atoms with van der Waals surface area (Å²) in [5.41, 5.74) is 0. The minimum atomic E-state index is 0.524. The normalized spacial score (nSPS) is 16.9. The van der Waals surface area contributed by atoms with Crippen LogP contribution in [0.5, 0.6) is 0 Å². The van der Waals surface area contributed by atoms with Crippen LogP contribution in [0.2, 0.25) is 0 Å². The van der Waals surface area contributed by atoms with Crippen molar-refractivity contribution in [1.82, 2.24) is 30.3 Å². The first-order valence-corrected chi connectivity index (χ1v) is 10.8. The van der Waals surface area contributed by atoms with E-state index >= 15 is 0 Å². The molecule has 1 aromatic rings. The lowest BCUT2D eigenvalue weighted by atomic mass is 9.99. The van der Waals surface area contributed by atoms with E-state index in [2.05, 4.69) is 39.6 Å². The molecule has 28 heavy (non-hydrogen) atoms. The largest absolute Gasteiger partial charge is 0.379 e. The van der Waals surface area contributed by atoms with Gasteiger partial charge in [0, 0.05) is 39.8 Å². The topological polar surface area (TPSA) is 79.6 Å². The van der Waals surface area contributed by atoms with Crippen molar-refractivity contribution in [3.8, 4) is 0 Å². The Hall–Kier alpha value is -1.67. The van der Waals surface area contributed by atoms with Gasteiger partial charge in [0.25, 0.3) is 0 Å². The van der Waals surface area contributed by atoms with E-state index in [4.69, 9.17) is 9.73 Å². The van der Waals surface area contributed by atoms with E-state index in [1.165, 1.54) is 25.7 Å². The van der Waals surface area contributed by atoms with Crippen LogP contribution in [0.25, 0.3) is 0 Å². The van der Waals surface area contributed by atoms with Crippen molar-refractivity contribution in [3.63, 3.8) is 0 Å². The summed E-state index contributed by atoms with van der Waals surface area (Å²) in [5.74, 6) is 3.34. The zero-order valence-corrected chi connectivity index (χ0v) is 18.2. The number of guanidine groups is 1. The number of unbranched alkanes of at least 4 members (excludes halogenated alkanes) is 1. The molecule has 1 atom stereocenters. The summed E-state index contributed by atoms with van der Waals surface area (Å²) in [4.78, 5) is 7.19. The molecule has 2 rings (SSSR count). The monoisotopic (exact) mass is 393 g/mol. The van der Waals surface area contributed by atoms with Crippen LogP contribution >= 0.6 is 0 Å². The highest BCUT2D eigenvalue weighted by Crippen LogP contribution is 2.11. The molecule has 2 heterocycles. The minimum Gasteiger partial charge on any atom is -0.379 e. The van der Waals surface area contributed by atoms with Gasteiger partial charge in [-0.15, -0.1) is 10.2 Å². The lowest BCUT2D eigenvalue weighted by molar-refractivity contribution is 0.0389. The number of nitrogens with one attached hydrogen (secondary N) is 2. The van der Waals surface area contributed by atoms with Crippen LogP contribution in [0.15, 0.2) is 4.99 Å². The number of nitrogens with zero attached hydrogens (tertiary/aromatic N) is 5. The zero-order chi connectivity index (χ0) is 20.2. The number of hydrogen-bond donors (Lipinski definition) is 2. The molecule has 1 saturated heterocycles. The zero-order valence-electron chi connectivity index (χ0n) is 18.2. The number of aryl methyl sites for hydroxylation is 1. The molecule has 0 bridgehead atoms. The Bertz CT molecular complexity index is 581. The first kappa shape index (κ1) is 22.6. The molecule has 2 N–H and O–H groups in total.